The van der Waals surface area contributed by atoms with Gasteiger partial charge in [-0.2, -0.15) is 0 Å². The molecule has 0 saturated carbocycles. The van der Waals surface area contributed by atoms with Gasteiger partial charge in [-0.3, -0.25) is 0 Å². The van der Waals surface area contributed by atoms with Crippen LogP contribution in [0.5, 0.6) is 0 Å². The number of ether oxygens (including phenoxy) is 1. The van der Waals surface area contributed by atoms with Crippen molar-refractivity contribution < 1.29 is 4.74 Å². The lowest BCUT2D eigenvalue weighted by Crippen LogP contribution is -2.18. The molecule has 3 unspecified atom stereocenters. The maximum Gasteiger partial charge on any atom is 0.0847 e. The van der Waals surface area contributed by atoms with Crippen LogP contribution in [-0.4, -0.2) is 11.7 Å². The fourth-order valence-electron chi connectivity index (χ4n) is 2.79. The summed E-state index contributed by atoms with van der Waals surface area (Å²) in [7, 11) is 0. The van der Waals surface area contributed by atoms with Gasteiger partial charge < -0.3 is 4.74 Å². The predicted molar refractivity (Wildman–Crippen MR) is 59.3 cm³/mol. The van der Waals surface area contributed by atoms with Crippen LogP contribution in [0, 0.1) is 5.92 Å². The Balaban J connectivity index is 1.71. The molecule has 1 saturated heterocycles. The monoisotopic (exact) mass is 194 g/mol. The molecule has 2 aliphatic heterocycles. The van der Waals surface area contributed by atoms with E-state index in [-0.39, 0.29) is 5.60 Å². The number of hydrogen-bond acceptors (Lipinski definition) is 1. The van der Waals surface area contributed by atoms with E-state index in [0.29, 0.717) is 6.10 Å². The van der Waals surface area contributed by atoms with Gasteiger partial charge in [-0.25, -0.2) is 0 Å². The lowest BCUT2D eigenvalue weighted by molar-refractivity contribution is 0.0411. The second kappa shape index (κ2) is 4.06. The zero-order valence-corrected chi connectivity index (χ0v) is 9.46. The molecule has 0 aromatic rings. The first-order valence-electron chi connectivity index (χ1n) is 6.11. The number of hydrogen-bond donors (Lipinski definition) is 0. The van der Waals surface area contributed by atoms with Crippen molar-refractivity contribution in [1.29, 1.82) is 0 Å². The van der Waals surface area contributed by atoms with Crippen LogP contribution in [0.4, 0.5) is 0 Å². The first-order valence-corrected chi connectivity index (χ1v) is 6.11. The first-order chi connectivity index (χ1) is 6.73. The number of fused-ring (bicyclic) bond motifs is 2. The minimum absolute atomic E-state index is 0.0973. The molecule has 2 aliphatic rings. The van der Waals surface area contributed by atoms with Crippen LogP contribution in [0.15, 0.2) is 12.2 Å². The van der Waals surface area contributed by atoms with Crippen molar-refractivity contribution in [2.24, 2.45) is 5.92 Å². The lowest BCUT2D eigenvalue weighted by Gasteiger charge is -2.18. The van der Waals surface area contributed by atoms with Crippen LogP contribution < -0.4 is 0 Å². The molecule has 1 nitrogen and oxygen atoms in total. The van der Waals surface area contributed by atoms with E-state index in [9.17, 15) is 0 Å². The summed E-state index contributed by atoms with van der Waals surface area (Å²) in [5.74, 6) is 0.807. The number of unbranched alkanes of at least 4 members (excludes halogenated alkanes) is 3. The zero-order valence-electron chi connectivity index (χ0n) is 9.46. The Labute approximate surface area is 87.5 Å². The highest BCUT2D eigenvalue weighted by atomic mass is 16.5. The summed E-state index contributed by atoms with van der Waals surface area (Å²) in [6, 6.07) is 0. The average molecular weight is 194 g/mol. The normalized spacial score (nSPS) is 39.6. The van der Waals surface area contributed by atoms with Crippen molar-refractivity contribution in [3.8, 4) is 0 Å². The van der Waals surface area contributed by atoms with E-state index in [4.69, 9.17) is 4.74 Å². The van der Waals surface area contributed by atoms with E-state index >= 15 is 0 Å². The zero-order chi connectivity index (χ0) is 10.0. The molecule has 80 valence electrons. The molecule has 1 fully saturated rings. The van der Waals surface area contributed by atoms with Crippen molar-refractivity contribution in [2.75, 3.05) is 0 Å². The topological polar surface area (TPSA) is 9.23 Å². The van der Waals surface area contributed by atoms with Gasteiger partial charge in [0.2, 0.25) is 0 Å². The van der Waals surface area contributed by atoms with Crippen molar-refractivity contribution in [2.45, 2.75) is 64.1 Å². The summed E-state index contributed by atoms with van der Waals surface area (Å²) < 4.78 is 5.92. The molecular formula is C13H22O. The van der Waals surface area contributed by atoms with Crippen LogP contribution in [0.3, 0.4) is 0 Å². The van der Waals surface area contributed by atoms with E-state index in [0.717, 1.165) is 5.92 Å². The molecule has 0 aliphatic carbocycles. The quantitative estimate of drug-likeness (QED) is 0.479. The Morgan fingerprint density at radius 3 is 2.79 bits per heavy atom. The predicted octanol–water partition coefficient (Wildman–Crippen LogP) is 3.69. The third kappa shape index (κ3) is 2.03. The van der Waals surface area contributed by atoms with Crippen molar-refractivity contribution in [3.63, 3.8) is 0 Å². The van der Waals surface area contributed by atoms with Crippen LogP contribution >= 0.6 is 0 Å². The highest BCUT2D eigenvalue weighted by Crippen LogP contribution is 2.43. The highest BCUT2D eigenvalue weighted by Gasteiger charge is 2.44. The van der Waals surface area contributed by atoms with Gasteiger partial charge in [0.1, 0.15) is 0 Å². The maximum atomic E-state index is 5.92. The third-order valence-electron chi connectivity index (χ3n) is 3.60. The molecule has 0 N–H and O–H groups in total. The van der Waals surface area contributed by atoms with Crippen molar-refractivity contribution in [3.05, 3.63) is 12.2 Å². The maximum absolute atomic E-state index is 5.92. The SMILES string of the molecule is CCCCCCC1CC2(C)C=CC1O2. The minimum atomic E-state index is 0.0973. The molecule has 3 atom stereocenters. The van der Waals surface area contributed by atoms with Gasteiger partial charge in [0.05, 0.1) is 11.7 Å². The molecule has 0 radical (unpaired) electrons. The van der Waals surface area contributed by atoms with E-state index in [1.165, 1.54) is 38.5 Å². The standard InChI is InChI=1S/C13H22O/c1-3-4-5-6-7-11-10-13(2)9-8-12(11)14-13/h8-9,11-12H,3-7,10H2,1-2H3. The molecule has 2 heterocycles. The van der Waals surface area contributed by atoms with Crippen LogP contribution in [0.1, 0.15) is 52.4 Å². The Morgan fingerprint density at radius 2 is 2.21 bits per heavy atom. The van der Waals surface area contributed by atoms with Crippen molar-refractivity contribution in [1.82, 2.24) is 0 Å². The second-order valence-corrected chi connectivity index (χ2v) is 5.07. The van der Waals surface area contributed by atoms with E-state index in [1.807, 2.05) is 0 Å². The first kappa shape index (κ1) is 10.2. The Kier molecular flexibility index (Phi) is 2.96. The molecule has 2 bridgehead atoms. The lowest BCUT2D eigenvalue weighted by atomic mass is 9.84. The van der Waals surface area contributed by atoms with Crippen LogP contribution in [0.2, 0.25) is 0 Å². The fraction of sp³-hybridized carbons (Fsp3) is 0.846. The molecule has 0 spiro atoms. The second-order valence-electron chi connectivity index (χ2n) is 5.07. The molecule has 14 heavy (non-hydrogen) atoms. The van der Waals surface area contributed by atoms with Crippen LogP contribution in [-0.2, 0) is 4.74 Å². The summed E-state index contributed by atoms with van der Waals surface area (Å²) in [6.45, 7) is 4.49. The summed E-state index contributed by atoms with van der Waals surface area (Å²) in [4.78, 5) is 0. The smallest absolute Gasteiger partial charge is 0.0847 e. The largest absolute Gasteiger partial charge is 0.364 e. The molecule has 0 aromatic heterocycles. The Bertz CT molecular complexity index is 221. The molecular weight excluding hydrogens is 172 g/mol. The summed E-state index contributed by atoms with van der Waals surface area (Å²) in [5, 5.41) is 0. The summed E-state index contributed by atoms with van der Waals surface area (Å²) in [5.41, 5.74) is 0.0973. The van der Waals surface area contributed by atoms with E-state index < -0.39 is 0 Å². The molecule has 2 rings (SSSR count). The molecule has 1 heteroatoms. The van der Waals surface area contributed by atoms with Gasteiger partial charge in [-0.15, -0.1) is 0 Å². The van der Waals surface area contributed by atoms with Gasteiger partial charge in [-0.05, 0) is 25.7 Å². The van der Waals surface area contributed by atoms with E-state index in [2.05, 4.69) is 26.0 Å². The van der Waals surface area contributed by atoms with Gasteiger partial charge >= 0.3 is 0 Å². The van der Waals surface area contributed by atoms with E-state index in [1.54, 1.807) is 0 Å². The Morgan fingerprint density at radius 1 is 1.36 bits per heavy atom. The summed E-state index contributed by atoms with van der Waals surface area (Å²) in [6.07, 6.45) is 13.1. The highest BCUT2D eigenvalue weighted by molar-refractivity contribution is 5.17. The fourth-order valence-corrected chi connectivity index (χ4v) is 2.79. The minimum Gasteiger partial charge on any atom is -0.364 e. The average Bonchev–Trinajstić information content (AvgIpc) is 2.67. The molecule has 0 aromatic carbocycles. The third-order valence-corrected chi connectivity index (χ3v) is 3.60. The number of rotatable bonds is 5. The molecule has 0 amide bonds. The van der Waals surface area contributed by atoms with Gasteiger partial charge in [0.15, 0.2) is 0 Å². The van der Waals surface area contributed by atoms with Gasteiger partial charge in [0.25, 0.3) is 0 Å². The Hall–Kier alpha value is -0.300. The van der Waals surface area contributed by atoms with Crippen molar-refractivity contribution >= 4 is 0 Å². The summed E-state index contributed by atoms with van der Waals surface area (Å²) >= 11 is 0. The van der Waals surface area contributed by atoms with Crippen LogP contribution in [0.25, 0.3) is 0 Å². The van der Waals surface area contributed by atoms with Gasteiger partial charge in [0, 0.05) is 0 Å². The van der Waals surface area contributed by atoms with Gasteiger partial charge in [-0.1, -0.05) is 44.8 Å².